The standard InChI is InChI=1S/C13H19NO.ClH/c1-2-14-10-8-13(15,9-11-14)12-6-4-3-5-7-12;/h3-7,15H,2,8-11H2,1H3;1H. The summed E-state index contributed by atoms with van der Waals surface area (Å²) < 4.78 is 0. The molecule has 0 unspecified atom stereocenters. The predicted octanol–water partition coefficient (Wildman–Crippen LogP) is 2.41. The van der Waals surface area contributed by atoms with Crippen molar-refractivity contribution in [3.8, 4) is 0 Å². The molecule has 3 heteroatoms. The fourth-order valence-corrected chi connectivity index (χ4v) is 2.28. The van der Waals surface area contributed by atoms with Crippen molar-refractivity contribution in [2.75, 3.05) is 19.6 Å². The van der Waals surface area contributed by atoms with Gasteiger partial charge in [-0.1, -0.05) is 37.3 Å². The smallest absolute Gasteiger partial charge is 0.0920 e. The third kappa shape index (κ3) is 2.76. The first-order valence-electron chi connectivity index (χ1n) is 5.75. The Morgan fingerprint density at radius 2 is 1.75 bits per heavy atom. The van der Waals surface area contributed by atoms with Gasteiger partial charge in [-0.2, -0.15) is 0 Å². The molecule has 1 aliphatic rings. The fourth-order valence-electron chi connectivity index (χ4n) is 2.28. The molecule has 0 bridgehead atoms. The zero-order chi connectivity index (χ0) is 10.7. The summed E-state index contributed by atoms with van der Waals surface area (Å²) in [7, 11) is 0. The zero-order valence-corrected chi connectivity index (χ0v) is 10.5. The minimum absolute atomic E-state index is 0. The van der Waals surface area contributed by atoms with Crippen LogP contribution in [0.15, 0.2) is 30.3 Å². The van der Waals surface area contributed by atoms with E-state index in [0.29, 0.717) is 0 Å². The van der Waals surface area contributed by atoms with Crippen LogP contribution in [0.25, 0.3) is 0 Å². The highest BCUT2D eigenvalue weighted by molar-refractivity contribution is 5.85. The number of hydrogen-bond acceptors (Lipinski definition) is 2. The number of aliphatic hydroxyl groups is 1. The molecular weight excluding hydrogens is 222 g/mol. The van der Waals surface area contributed by atoms with Crippen LogP contribution in [0.1, 0.15) is 25.3 Å². The van der Waals surface area contributed by atoms with Gasteiger partial charge in [-0.25, -0.2) is 0 Å². The molecule has 2 nitrogen and oxygen atoms in total. The largest absolute Gasteiger partial charge is 0.385 e. The van der Waals surface area contributed by atoms with E-state index in [1.165, 1.54) is 0 Å². The molecular formula is C13H20ClNO. The highest BCUT2D eigenvalue weighted by Crippen LogP contribution is 2.32. The summed E-state index contributed by atoms with van der Waals surface area (Å²) in [4.78, 5) is 2.39. The van der Waals surface area contributed by atoms with E-state index in [1.807, 2.05) is 30.3 Å². The average Bonchev–Trinajstić information content (AvgIpc) is 2.31. The molecule has 90 valence electrons. The van der Waals surface area contributed by atoms with Crippen molar-refractivity contribution in [3.05, 3.63) is 35.9 Å². The number of halogens is 1. The number of nitrogens with zero attached hydrogens (tertiary/aromatic N) is 1. The first kappa shape index (κ1) is 13.5. The van der Waals surface area contributed by atoms with Crippen LogP contribution in [-0.4, -0.2) is 29.6 Å². The van der Waals surface area contributed by atoms with Crippen molar-refractivity contribution < 1.29 is 5.11 Å². The van der Waals surface area contributed by atoms with E-state index in [4.69, 9.17) is 0 Å². The van der Waals surface area contributed by atoms with E-state index < -0.39 is 5.60 Å². The minimum Gasteiger partial charge on any atom is -0.385 e. The highest BCUT2D eigenvalue weighted by atomic mass is 35.5. The average molecular weight is 242 g/mol. The zero-order valence-electron chi connectivity index (χ0n) is 9.72. The lowest BCUT2D eigenvalue weighted by molar-refractivity contribution is -0.0246. The molecule has 0 radical (unpaired) electrons. The van der Waals surface area contributed by atoms with Crippen molar-refractivity contribution in [3.63, 3.8) is 0 Å². The van der Waals surface area contributed by atoms with Gasteiger partial charge >= 0.3 is 0 Å². The summed E-state index contributed by atoms with van der Waals surface area (Å²) in [5, 5.41) is 10.5. The van der Waals surface area contributed by atoms with Gasteiger partial charge in [0.15, 0.2) is 0 Å². The summed E-state index contributed by atoms with van der Waals surface area (Å²) in [6.45, 7) is 5.27. The Morgan fingerprint density at radius 1 is 1.19 bits per heavy atom. The predicted molar refractivity (Wildman–Crippen MR) is 68.9 cm³/mol. The van der Waals surface area contributed by atoms with E-state index in [9.17, 15) is 5.11 Å². The minimum atomic E-state index is -0.590. The van der Waals surface area contributed by atoms with Crippen LogP contribution in [0.2, 0.25) is 0 Å². The second-order valence-corrected chi connectivity index (χ2v) is 4.33. The number of rotatable bonds is 2. The highest BCUT2D eigenvalue weighted by Gasteiger charge is 2.33. The lowest BCUT2D eigenvalue weighted by atomic mass is 9.84. The molecule has 0 aliphatic carbocycles. The Balaban J connectivity index is 0.00000128. The maximum atomic E-state index is 10.5. The Labute approximate surface area is 104 Å². The molecule has 1 fully saturated rings. The molecule has 0 spiro atoms. The Kier molecular flexibility index (Phi) is 4.78. The van der Waals surface area contributed by atoms with Gasteiger partial charge in [0.2, 0.25) is 0 Å². The molecule has 0 saturated carbocycles. The Hall–Kier alpha value is -0.570. The van der Waals surface area contributed by atoms with E-state index in [-0.39, 0.29) is 12.4 Å². The van der Waals surface area contributed by atoms with Crippen molar-refractivity contribution in [2.24, 2.45) is 0 Å². The topological polar surface area (TPSA) is 23.5 Å². The summed E-state index contributed by atoms with van der Waals surface area (Å²) in [6.07, 6.45) is 1.70. The lowest BCUT2D eigenvalue weighted by Crippen LogP contribution is -2.42. The summed E-state index contributed by atoms with van der Waals surface area (Å²) in [5.41, 5.74) is 0.480. The molecule has 1 heterocycles. The Morgan fingerprint density at radius 3 is 2.25 bits per heavy atom. The fraction of sp³-hybridized carbons (Fsp3) is 0.538. The van der Waals surface area contributed by atoms with Crippen LogP contribution in [0.3, 0.4) is 0 Å². The van der Waals surface area contributed by atoms with Gasteiger partial charge in [0.1, 0.15) is 0 Å². The number of hydrogen-bond donors (Lipinski definition) is 1. The van der Waals surface area contributed by atoms with Gasteiger partial charge in [0, 0.05) is 13.1 Å². The van der Waals surface area contributed by atoms with E-state index >= 15 is 0 Å². The van der Waals surface area contributed by atoms with Gasteiger partial charge < -0.3 is 10.0 Å². The molecule has 1 aliphatic heterocycles. The molecule has 16 heavy (non-hydrogen) atoms. The monoisotopic (exact) mass is 241 g/mol. The third-order valence-electron chi connectivity index (χ3n) is 3.44. The first-order chi connectivity index (χ1) is 7.24. The van der Waals surface area contributed by atoms with Crippen molar-refractivity contribution in [1.29, 1.82) is 0 Å². The van der Waals surface area contributed by atoms with Crippen molar-refractivity contribution in [2.45, 2.75) is 25.4 Å². The number of piperidine rings is 1. The molecule has 0 amide bonds. The van der Waals surface area contributed by atoms with Crippen molar-refractivity contribution in [1.82, 2.24) is 4.90 Å². The summed E-state index contributed by atoms with van der Waals surface area (Å²) in [6, 6.07) is 10.1. The van der Waals surface area contributed by atoms with Crippen LogP contribution in [0.5, 0.6) is 0 Å². The SMILES string of the molecule is CCN1CCC(O)(c2ccccc2)CC1.Cl. The van der Waals surface area contributed by atoms with E-state index in [0.717, 1.165) is 38.0 Å². The molecule has 0 atom stereocenters. The maximum Gasteiger partial charge on any atom is 0.0920 e. The Bertz CT molecular complexity index is 307. The van der Waals surface area contributed by atoms with Gasteiger partial charge in [-0.3, -0.25) is 0 Å². The quantitative estimate of drug-likeness (QED) is 0.860. The molecule has 1 saturated heterocycles. The molecule has 1 aromatic rings. The van der Waals surface area contributed by atoms with E-state index in [1.54, 1.807) is 0 Å². The van der Waals surface area contributed by atoms with E-state index in [2.05, 4.69) is 11.8 Å². The summed E-state index contributed by atoms with van der Waals surface area (Å²) >= 11 is 0. The third-order valence-corrected chi connectivity index (χ3v) is 3.44. The number of likely N-dealkylation sites (tertiary alicyclic amines) is 1. The first-order valence-corrected chi connectivity index (χ1v) is 5.75. The van der Waals surface area contributed by atoms with Crippen LogP contribution in [-0.2, 0) is 5.60 Å². The molecule has 0 aromatic heterocycles. The molecule has 1 N–H and O–H groups in total. The van der Waals surface area contributed by atoms with Crippen LogP contribution in [0.4, 0.5) is 0 Å². The molecule has 1 aromatic carbocycles. The van der Waals surface area contributed by atoms with Crippen LogP contribution < -0.4 is 0 Å². The van der Waals surface area contributed by atoms with Gasteiger partial charge in [0.25, 0.3) is 0 Å². The number of benzene rings is 1. The van der Waals surface area contributed by atoms with Crippen LogP contribution >= 0.6 is 12.4 Å². The second-order valence-electron chi connectivity index (χ2n) is 4.33. The maximum absolute atomic E-state index is 10.5. The van der Waals surface area contributed by atoms with Crippen molar-refractivity contribution >= 4 is 12.4 Å². The molecule has 2 rings (SSSR count). The summed E-state index contributed by atoms with van der Waals surface area (Å²) in [5.74, 6) is 0. The lowest BCUT2D eigenvalue weighted by Gasteiger charge is -2.38. The van der Waals surface area contributed by atoms with Gasteiger partial charge in [-0.15, -0.1) is 12.4 Å². The second kappa shape index (κ2) is 5.67. The van der Waals surface area contributed by atoms with Crippen LogP contribution in [0, 0.1) is 0 Å². The van der Waals surface area contributed by atoms with Gasteiger partial charge in [0.05, 0.1) is 5.60 Å². The van der Waals surface area contributed by atoms with Gasteiger partial charge in [-0.05, 0) is 24.9 Å². The normalized spacial score (nSPS) is 20.1.